The summed E-state index contributed by atoms with van der Waals surface area (Å²) in [5.41, 5.74) is 2.39. The zero-order valence-corrected chi connectivity index (χ0v) is 14.5. The minimum absolute atomic E-state index is 0.205. The first-order valence-corrected chi connectivity index (χ1v) is 8.79. The largest absolute Gasteiger partial charge is 0.445 e. The molecular formula is C20H16N4O3. The van der Waals surface area contributed by atoms with Gasteiger partial charge in [0.1, 0.15) is 11.5 Å². The molecule has 0 bridgehead atoms. The Morgan fingerprint density at radius 2 is 2.04 bits per heavy atom. The van der Waals surface area contributed by atoms with Crippen LogP contribution in [0.1, 0.15) is 33.5 Å². The van der Waals surface area contributed by atoms with Crippen molar-refractivity contribution >= 4 is 16.9 Å². The predicted octanol–water partition coefficient (Wildman–Crippen LogP) is 3.00. The number of aromatic nitrogens is 3. The Balaban J connectivity index is 1.37. The Kier molecular flexibility index (Phi) is 3.71. The van der Waals surface area contributed by atoms with E-state index >= 15 is 0 Å². The summed E-state index contributed by atoms with van der Waals surface area (Å²) in [4.78, 5) is 23.3. The van der Waals surface area contributed by atoms with Crippen LogP contribution < -0.4 is 0 Å². The minimum atomic E-state index is -0.205. The van der Waals surface area contributed by atoms with Crippen LogP contribution in [0, 0.1) is 0 Å². The fourth-order valence-electron chi connectivity index (χ4n) is 3.35. The molecule has 0 atom stereocenters. The fraction of sp³-hybridized carbons (Fsp3) is 0.200. The number of rotatable bonds is 3. The molecule has 0 N–H and O–H groups in total. The third-order valence-corrected chi connectivity index (χ3v) is 4.71. The molecule has 0 unspecified atom stereocenters. The summed E-state index contributed by atoms with van der Waals surface area (Å²) in [6.07, 6.45) is 2.89. The Morgan fingerprint density at radius 3 is 2.93 bits per heavy atom. The lowest BCUT2D eigenvalue weighted by atomic mass is 10.1. The van der Waals surface area contributed by atoms with Crippen molar-refractivity contribution in [2.75, 3.05) is 6.54 Å². The molecule has 0 spiro atoms. The maximum atomic E-state index is 12.9. The highest BCUT2D eigenvalue weighted by Gasteiger charge is 2.29. The summed E-state index contributed by atoms with van der Waals surface area (Å²) in [6.45, 7) is 0.948. The molecule has 1 aliphatic heterocycles. The van der Waals surface area contributed by atoms with Crippen molar-refractivity contribution in [1.82, 2.24) is 20.0 Å². The lowest BCUT2D eigenvalue weighted by Crippen LogP contribution is -2.35. The first-order chi connectivity index (χ1) is 13.3. The van der Waals surface area contributed by atoms with Gasteiger partial charge >= 0.3 is 0 Å². The van der Waals surface area contributed by atoms with E-state index in [1.165, 1.54) is 0 Å². The smallest absolute Gasteiger partial charge is 0.293 e. The van der Waals surface area contributed by atoms with E-state index in [1.807, 2.05) is 30.3 Å². The third kappa shape index (κ3) is 2.87. The summed E-state index contributed by atoms with van der Waals surface area (Å²) in [6, 6.07) is 13.6. The Bertz CT molecular complexity index is 1120. The number of fused-ring (bicyclic) bond motifs is 2. The minimum Gasteiger partial charge on any atom is -0.445 e. The first kappa shape index (κ1) is 15.7. The molecular weight excluding hydrogens is 344 g/mol. The highest BCUT2D eigenvalue weighted by molar-refractivity contribution is 6.02. The van der Waals surface area contributed by atoms with E-state index in [-0.39, 0.29) is 11.7 Å². The van der Waals surface area contributed by atoms with E-state index in [0.717, 1.165) is 17.0 Å². The molecule has 0 saturated carbocycles. The Labute approximate surface area is 154 Å². The van der Waals surface area contributed by atoms with Crippen molar-refractivity contribution in [3.05, 3.63) is 77.3 Å². The highest BCUT2D eigenvalue weighted by atomic mass is 16.5. The van der Waals surface area contributed by atoms with Crippen LogP contribution in [0.25, 0.3) is 11.0 Å². The topological polar surface area (TPSA) is 85.3 Å². The van der Waals surface area contributed by atoms with Gasteiger partial charge in [-0.05, 0) is 17.7 Å². The average Bonchev–Trinajstić information content (AvgIpc) is 3.31. The van der Waals surface area contributed by atoms with Crippen molar-refractivity contribution in [3.8, 4) is 0 Å². The van der Waals surface area contributed by atoms with Crippen molar-refractivity contribution in [1.29, 1.82) is 0 Å². The standard InChI is InChI=1S/C20H16N4O3/c25-20(18-14-7-4-9-21-19(14)23-27-18)24-10-8-16-15(12-24)22-17(26-16)11-13-5-2-1-3-6-13/h1-7,9H,8,10-12H2. The second-order valence-corrected chi connectivity index (χ2v) is 6.50. The van der Waals surface area contributed by atoms with E-state index in [1.54, 1.807) is 23.2 Å². The van der Waals surface area contributed by atoms with Crippen molar-refractivity contribution in [2.45, 2.75) is 19.4 Å². The van der Waals surface area contributed by atoms with E-state index in [2.05, 4.69) is 15.1 Å². The molecule has 1 amide bonds. The molecule has 5 rings (SSSR count). The van der Waals surface area contributed by atoms with Gasteiger partial charge in [0.25, 0.3) is 5.91 Å². The number of nitrogens with zero attached hydrogens (tertiary/aromatic N) is 4. The van der Waals surface area contributed by atoms with Crippen LogP contribution in [-0.4, -0.2) is 32.5 Å². The van der Waals surface area contributed by atoms with Gasteiger partial charge in [-0.3, -0.25) is 4.79 Å². The second-order valence-electron chi connectivity index (χ2n) is 6.50. The SMILES string of the molecule is O=C(c1onc2ncccc12)N1CCc2oc(Cc3ccccc3)nc2C1. The normalized spacial score (nSPS) is 13.7. The van der Waals surface area contributed by atoms with Gasteiger partial charge in [0.05, 0.1) is 11.9 Å². The summed E-state index contributed by atoms with van der Waals surface area (Å²) in [7, 11) is 0. The lowest BCUT2D eigenvalue weighted by molar-refractivity contribution is 0.0688. The Hall–Kier alpha value is -3.48. The molecule has 0 radical (unpaired) electrons. The van der Waals surface area contributed by atoms with Gasteiger partial charge in [0.15, 0.2) is 5.89 Å². The number of hydrogen-bond donors (Lipinski definition) is 0. The number of carbonyl (C=O) groups excluding carboxylic acids is 1. The molecule has 27 heavy (non-hydrogen) atoms. The number of hydrogen-bond acceptors (Lipinski definition) is 6. The van der Waals surface area contributed by atoms with Gasteiger partial charge in [0.2, 0.25) is 11.4 Å². The van der Waals surface area contributed by atoms with Gasteiger partial charge in [-0.15, -0.1) is 0 Å². The lowest BCUT2D eigenvalue weighted by Gasteiger charge is -2.24. The van der Waals surface area contributed by atoms with Crippen LogP contribution in [0.2, 0.25) is 0 Å². The number of pyridine rings is 1. The highest BCUT2D eigenvalue weighted by Crippen LogP contribution is 2.24. The number of benzene rings is 1. The molecule has 0 aliphatic carbocycles. The summed E-state index contributed by atoms with van der Waals surface area (Å²) >= 11 is 0. The Morgan fingerprint density at radius 1 is 1.15 bits per heavy atom. The quantitative estimate of drug-likeness (QED) is 0.558. The zero-order chi connectivity index (χ0) is 18.2. The summed E-state index contributed by atoms with van der Waals surface area (Å²) < 4.78 is 11.2. The van der Waals surface area contributed by atoms with Gasteiger partial charge in [0, 0.05) is 25.6 Å². The van der Waals surface area contributed by atoms with Crippen LogP contribution >= 0.6 is 0 Å². The van der Waals surface area contributed by atoms with Gasteiger partial charge in [-0.1, -0.05) is 35.5 Å². The first-order valence-electron chi connectivity index (χ1n) is 8.79. The van der Waals surface area contributed by atoms with Gasteiger partial charge in [-0.2, -0.15) is 0 Å². The fourth-order valence-corrected chi connectivity index (χ4v) is 3.35. The van der Waals surface area contributed by atoms with Crippen LogP contribution in [0.5, 0.6) is 0 Å². The van der Waals surface area contributed by atoms with E-state index in [0.29, 0.717) is 42.9 Å². The number of amides is 1. The van der Waals surface area contributed by atoms with Crippen LogP contribution in [0.4, 0.5) is 0 Å². The third-order valence-electron chi connectivity index (χ3n) is 4.71. The molecule has 0 saturated heterocycles. The molecule has 0 fully saturated rings. The van der Waals surface area contributed by atoms with Gasteiger partial charge in [-0.25, -0.2) is 9.97 Å². The molecule has 4 aromatic rings. The summed E-state index contributed by atoms with van der Waals surface area (Å²) in [5, 5.41) is 4.49. The van der Waals surface area contributed by atoms with Crippen LogP contribution in [0.3, 0.4) is 0 Å². The number of carbonyl (C=O) groups is 1. The maximum Gasteiger partial charge on any atom is 0.293 e. The molecule has 4 heterocycles. The molecule has 1 aromatic carbocycles. The molecule has 134 valence electrons. The predicted molar refractivity (Wildman–Crippen MR) is 96.0 cm³/mol. The van der Waals surface area contributed by atoms with Crippen molar-refractivity contribution < 1.29 is 13.7 Å². The molecule has 7 heteroatoms. The second kappa shape index (κ2) is 6.35. The molecule has 7 nitrogen and oxygen atoms in total. The van der Waals surface area contributed by atoms with Crippen molar-refractivity contribution in [3.63, 3.8) is 0 Å². The zero-order valence-electron chi connectivity index (χ0n) is 14.5. The van der Waals surface area contributed by atoms with E-state index < -0.39 is 0 Å². The van der Waals surface area contributed by atoms with E-state index in [9.17, 15) is 4.79 Å². The van der Waals surface area contributed by atoms with Gasteiger partial charge < -0.3 is 13.8 Å². The number of oxazole rings is 1. The molecule has 1 aliphatic rings. The molecule has 3 aromatic heterocycles. The summed E-state index contributed by atoms with van der Waals surface area (Å²) in [5.74, 6) is 1.54. The van der Waals surface area contributed by atoms with E-state index in [4.69, 9.17) is 8.94 Å². The van der Waals surface area contributed by atoms with Crippen molar-refractivity contribution in [2.24, 2.45) is 0 Å². The van der Waals surface area contributed by atoms with Crippen LogP contribution in [-0.2, 0) is 19.4 Å². The van der Waals surface area contributed by atoms with Crippen LogP contribution in [0.15, 0.2) is 57.6 Å². The average molecular weight is 360 g/mol. The monoisotopic (exact) mass is 360 g/mol. The maximum absolute atomic E-state index is 12.9.